The minimum absolute atomic E-state index is 0.156. The second-order valence-electron chi connectivity index (χ2n) is 2.00. The Bertz CT molecular complexity index is 275. The molecule has 1 aromatic heterocycles. The number of thiophene rings is 1. The van der Waals surface area contributed by atoms with E-state index in [0.717, 1.165) is 14.2 Å². The molecule has 0 amide bonds. The molecule has 0 radical (unpaired) electrons. The van der Waals surface area contributed by atoms with E-state index in [9.17, 15) is 0 Å². The van der Waals surface area contributed by atoms with E-state index in [1.165, 1.54) is 11.3 Å². The van der Waals surface area contributed by atoms with Gasteiger partial charge in [-0.05, 0) is 28.9 Å². The summed E-state index contributed by atoms with van der Waals surface area (Å²) in [5, 5.41) is 11.2. The van der Waals surface area contributed by atoms with E-state index in [4.69, 9.17) is 10.9 Å². The van der Waals surface area contributed by atoms with Crippen molar-refractivity contribution in [1.29, 1.82) is 0 Å². The maximum absolute atomic E-state index is 8.34. The van der Waals surface area contributed by atoms with Gasteiger partial charge in [0, 0.05) is 9.35 Å². The first-order valence-corrected chi connectivity index (χ1v) is 4.50. The molecule has 0 saturated heterocycles. The highest BCUT2D eigenvalue weighted by Crippen LogP contribution is 2.25. The molecule has 3 nitrogen and oxygen atoms in total. The quantitative estimate of drug-likeness (QED) is 0.338. The van der Waals surface area contributed by atoms with Crippen molar-refractivity contribution in [3.63, 3.8) is 0 Å². The zero-order chi connectivity index (χ0) is 8.43. The molecule has 0 aromatic carbocycles. The smallest absolute Gasteiger partial charge is 0.180 e. The van der Waals surface area contributed by atoms with Gasteiger partial charge in [-0.25, -0.2) is 0 Å². The molecule has 60 valence electrons. The topological polar surface area (TPSA) is 58.6 Å². The molecular weight excluding hydrogens is 228 g/mol. The van der Waals surface area contributed by atoms with E-state index in [-0.39, 0.29) is 5.84 Å². The van der Waals surface area contributed by atoms with Gasteiger partial charge in [-0.3, -0.25) is 0 Å². The number of halogens is 1. The van der Waals surface area contributed by atoms with Crippen LogP contribution in [0.4, 0.5) is 0 Å². The van der Waals surface area contributed by atoms with Gasteiger partial charge in [-0.1, -0.05) is 5.16 Å². The van der Waals surface area contributed by atoms with Crippen LogP contribution in [-0.2, 0) is 0 Å². The number of amidine groups is 1. The average molecular weight is 235 g/mol. The van der Waals surface area contributed by atoms with E-state index >= 15 is 0 Å². The molecule has 0 saturated carbocycles. The fourth-order valence-corrected chi connectivity index (χ4v) is 2.07. The lowest BCUT2D eigenvalue weighted by atomic mass is 10.4. The Balaban J connectivity index is 3.07. The summed E-state index contributed by atoms with van der Waals surface area (Å²) in [5.41, 5.74) is 5.37. The molecular formula is C6H7BrN2OS. The number of aryl methyl sites for hydroxylation is 1. The van der Waals surface area contributed by atoms with Gasteiger partial charge < -0.3 is 10.9 Å². The van der Waals surface area contributed by atoms with Crippen molar-refractivity contribution in [3.05, 3.63) is 20.3 Å². The van der Waals surface area contributed by atoms with Crippen LogP contribution in [0.15, 0.2) is 15.7 Å². The Labute approximate surface area is 76.7 Å². The third kappa shape index (κ3) is 1.72. The van der Waals surface area contributed by atoms with Crippen molar-refractivity contribution in [3.8, 4) is 0 Å². The van der Waals surface area contributed by atoms with Crippen LogP contribution in [0.1, 0.15) is 9.75 Å². The van der Waals surface area contributed by atoms with Gasteiger partial charge in [0.25, 0.3) is 0 Å². The van der Waals surface area contributed by atoms with Crippen LogP contribution >= 0.6 is 27.3 Å². The lowest BCUT2D eigenvalue weighted by Crippen LogP contribution is -2.10. The predicted molar refractivity (Wildman–Crippen MR) is 49.3 cm³/mol. The minimum atomic E-state index is 0.156. The lowest BCUT2D eigenvalue weighted by molar-refractivity contribution is 0.319. The first-order chi connectivity index (χ1) is 5.15. The highest BCUT2D eigenvalue weighted by Gasteiger charge is 2.05. The molecule has 1 aromatic rings. The van der Waals surface area contributed by atoms with Crippen LogP contribution < -0.4 is 5.73 Å². The Kier molecular flexibility index (Phi) is 2.51. The number of rotatable bonds is 1. The van der Waals surface area contributed by atoms with Crippen molar-refractivity contribution in [2.24, 2.45) is 10.9 Å². The van der Waals surface area contributed by atoms with E-state index in [1.54, 1.807) is 0 Å². The Morgan fingerprint density at radius 2 is 2.45 bits per heavy atom. The van der Waals surface area contributed by atoms with Crippen molar-refractivity contribution >= 4 is 33.1 Å². The van der Waals surface area contributed by atoms with Crippen LogP contribution in [0.25, 0.3) is 0 Å². The second kappa shape index (κ2) is 3.23. The summed E-state index contributed by atoms with van der Waals surface area (Å²) in [6, 6.07) is 1.83. The van der Waals surface area contributed by atoms with Crippen molar-refractivity contribution in [2.45, 2.75) is 6.92 Å². The first kappa shape index (κ1) is 8.55. The monoisotopic (exact) mass is 234 g/mol. The zero-order valence-electron chi connectivity index (χ0n) is 5.84. The predicted octanol–water partition coefficient (Wildman–Crippen LogP) is 1.91. The number of hydrogen-bond acceptors (Lipinski definition) is 3. The van der Waals surface area contributed by atoms with Gasteiger partial charge in [0.15, 0.2) is 5.84 Å². The van der Waals surface area contributed by atoms with E-state index in [2.05, 4.69) is 21.1 Å². The molecule has 0 unspecified atom stereocenters. The fraction of sp³-hybridized carbons (Fsp3) is 0.167. The largest absolute Gasteiger partial charge is 0.409 e. The number of oxime groups is 1. The molecule has 11 heavy (non-hydrogen) atoms. The Morgan fingerprint density at radius 1 is 1.82 bits per heavy atom. The van der Waals surface area contributed by atoms with E-state index in [1.807, 2.05) is 13.0 Å². The summed E-state index contributed by atoms with van der Waals surface area (Å²) >= 11 is 4.82. The highest BCUT2D eigenvalue weighted by atomic mass is 79.9. The molecule has 0 aliphatic rings. The molecule has 0 bridgehead atoms. The van der Waals surface area contributed by atoms with Gasteiger partial charge in [-0.15, -0.1) is 11.3 Å². The third-order valence-electron chi connectivity index (χ3n) is 1.22. The summed E-state index contributed by atoms with van der Waals surface area (Å²) in [7, 11) is 0. The molecule has 5 heteroatoms. The molecule has 0 atom stereocenters. The van der Waals surface area contributed by atoms with Gasteiger partial charge in [0.1, 0.15) is 0 Å². The lowest BCUT2D eigenvalue weighted by Gasteiger charge is -1.88. The summed E-state index contributed by atoms with van der Waals surface area (Å²) in [6.45, 7) is 1.96. The van der Waals surface area contributed by atoms with Crippen LogP contribution in [-0.4, -0.2) is 11.0 Å². The SMILES string of the molecule is Cc1sc(C(N)=NO)cc1Br. The zero-order valence-corrected chi connectivity index (χ0v) is 8.24. The average Bonchev–Trinajstić information content (AvgIpc) is 2.31. The third-order valence-corrected chi connectivity index (χ3v) is 3.38. The van der Waals surface area contributed by atoms with E-state index in [0.29, 0.717) is 0 Å². The van der Waals surface area contributed by atoms with Crippen LogP contribution in [0.2, 0.25) is 0 Å². The second-order valence-corrected chi connectivity index (χ2v) is 4.11. The highest BCUT2D eigenvalue weighted by molar-refractivity contribution is 9.10. The fourth-order valence-electron chi connectivity index (χ4n) is 0.635. The molecule has 0 aliphatic heterocycles. The molecule has 0 fully saturated rings. The van der Waals surface area contributed by atoms with Gasteiger partial charge in [-0.2, -0.15) is 0 Å². The first-order valence-electron chi connectivity index (χ1n) is 2.89. The summed E-state index contributed by atoms with van der Waals surface area (Å²) in [4.78, 5) is 1.89. The van der Waals surface area contributed by atoms with Crippen LogP contribution in [0, 0.1) is 6.92 Å². The maximum atomic E-state index is 8.34. The molecule has 0 spiro atoms. The van der Waals surface area contributed by atoms with E-state index < -0.39 is 0 Å². The maximum Gasteiger partial charge on any atom is 0.180 e. The standard InChI is InChI=1S/C6H7BrN2OS/c1-3-4(7)2-5(11-3)6(8)9-10/h2,10H,1H3,(H2,8,9). The van der Waals surface area contributed by atoms with Gasteiger partial charge in [0.05, 0.1) is 4.88 Å². The van der Waals surface area contributed by atoms with Crippen molar-refractivity contribution in [1.82, 2.24) is 0 Å². The minimum Gasteiger partial charge on any atom is -0.409 e. The van der Waals surface area contributed by atoms with Gasteiger partial charge in [0.2, 0.25) is 0 Å². The molecule has 3 N–H and O–H groups in total. The number of nitrogens with zero attached hydrogens (tertiary/aromatic N) is 1. The van der Waals surface area contributed by atoms with Crippen molar-refractivity contribution in [2.75, 3.05) is 0 Å². The molecule has 1 rings (SSSR count). The molecule has 1 heterocycles. The summed E-state index contributed by atoms with van der Waals surface area (Å²) in [6.07, 6.45) is 0. The summed E-state index contributed by atoms with van der Waals surface area (Å²) in [5.74, 6) is 0.156. The Hall–Kier alpha value is -0.550. The van der Waals surface area contributed by atoms with Gasteiger partial charge >= 0.3 is 0 Å². The van der Waals surface area contributed by atoms with Crippen LogP contribution in [0.3, 0.4) is 0 Å². The summed E-state index contributed by atoms with van der Waals surface area (Å²) < 4.78 is 0.990. The number of hydrogen-bond donors (Lipinski definition) is 2. The van der Waals surface area contributed by atoms with Crippen molar-refractivity contribution < 1.29 is 5.21 Å². The Morgan fingerprint density at radius 3 is 2.82 bits per heavy atom. The van der Waals surface area contributed by atoms with Crippen LogP contribution in [0.5, 0.6) is 0 Å². The number of nitrogens with two attached hydrogens (primary N) is 1. The normalized spacial score (nSPS) is 12.0. The molecule has 0 aliphatic carbocycles.